The van der Waals surface area contributed by atoms with Gasteiger partial charge in [-0.3, -0.25) is 0 Å². The molecule has 10 heteroatoms. The molecule has 8 nitrogen and oxygen atoms in total. The lowest BCUT2D eigenvalue weighted by atomic mass is 10.1. The van der Waals surface area contributed by atoms with Gasteiger partial charge in [0.25, 0.3) is 0 Å². The molecular weight excluding hydrogens is 542 g/mol. The highest BCUT2D eigenvalue weighted by molar-refractivity contribution is 7.90. The fraction of sp³-hybridized carbons (Fsp3) is 0.310. The normalized spacial score (nSPS) is 12.5. The summed E-state index contributed by atoms with van der Waals surface area (Å²) in [5, 5.41) is 20.2. The van der Waals surface area contributed by atoms with Gasteiger partial charge in [-0.25, -0.2) is 18.0 Å². The summed E-state index contributed by atoms with van der Waals surface area (Å²) in [6.07, 6.45) is -1.15. The molecule has 0 bridgehead atoms. The van der Waals surface area contributed by atoms with E-state index in [1.807, 2.05) is 0 Å². The number of amides is 1. The second kappa shape index (κ2) is 12.6. The first-order valence-electron chi connectivity index (χ1n) is 12.3. The number of ether oxygens (including phenoxy) is 1. The number of aliphatic hydroxyl groups is 1. The number of aliphatic hydroxyl groups excluding tert-OH is 1. The Bertz CT molecular complexity index is 1400. The molecule has 208 valence electrons. The number of sulfone groups is 1. The van der Waals surface area contributed by atoms with E-state index in [4.69, 9.17) is 21.4 Å². The van der Waals surface area contributed by atoms with Crippen molar-refractivity contribution in [2.45, 2.75) is 49.5 Å². The third-order valence-electron chi connectivity index (χ3n) is 5.79. The van der Waals surface area contributed by atoms with Crippen LogP contribution in [-0.4, -0.2) is 54.3 Å². The highest BCUT2D eigenvalue weighted by Gasteiger charge is 2.25. The van der Waals surface area contributed by atoms with Gasteiger partial charge >= 0.3 is 12.1 Å². The van der Waals surface area contributed by atoms with Gasteiger partial charge in [0.05, 0.1) is 28.9 Å². The van der Waals surface area contributed by atoms with E-state index in [-0.39, 0.29) is 29.3 Å². The van der Waals surface area contributed by atoms with Crippen molar-refractivity contribution in [1.82, 2.24) is 4.90 Å². The van der Waals surface area contributed by atoms with Crippen LogP contribution in [0.3, 0.4) is 0 Å². The summed E-state index contributed by atoms with van der Waals surface area (Å²) < 4.78 is 31.3. The van der Waals surface area contributed by atoms with E-state index in [1.165, 1.54) is 41.3 Å². The molecule has 0 aromatic heterocycles. The molecule has 0 spiro atoms. The Morgan fingerprint density at radius 3 is 2.15 bits per heavy atom. The summed E-state index contributed by atoms with van der Waals surface area (Å²) in [7, 11) is -3.65. The number of hydrogen-bond acceptors (Lipinski definition) is 6. The predicted octanol–water partition coefficient (Wildman–Crippen LogP) is 5.53. The van der Waals surface area contributed by atoms with E-state index in [2.05, 4.69) is 0 Å². The van der Waals surface area contributed by atoms with Crippen molar-refractivity contribution in [3.05, 3.63) is 100 Å². The zero-order chi connectivity index (χ0) is 28.8. The number of benzene rings is 3. The van der Waals surface area contributed by atoms with Gasteiger partial charge in [0.15, 0.2) is 9.84 Å². The molecular formula is C29H32ClNO7S. The molecule has 2 N–H and O–H groups in total. The summed E-state index contributed by atoms with van der Waals surface area (Å²) in [5.74, 6) is -1.34. The van der Waals surface area contributed by atoms with Crippen molar-refractivity contribution < 1.29 is 33.0 Å². The molecule has 0 aliphatic carbocycles. The van der Waals surface area contributed by atoms with Crippen molar-refractivity contribution >= 4 is 33.5 Å². The van der Waals surface area contributed by atoms with Gasteiger partial charge < -0.3 is 19.8 Å². The first-order chi connectivity index (χ1) is 18.2. The minimum Gasteiger partial charge on any atom is -0.478 e. The van der Waals surface area contributed by atoms with Crippen LogP contribution in [0.25, 0.3) is 0 Å². The Balaban J connectivity index is 1.69. The molecule has 0 radical (unpaired) electrons. The van der Waals surface area contributed by atoms with E-state index >= 15 is 0 Å². The fourth-order valence-electron chi connectivity index (χ4n) is 3.79. The molecule has 3 rings (SSSR count). The van der Waals surface area contributed by atoms with Gasteiger partial charge in [-0.2, -0.15) is 0 Å². The topological polar surface area (TPSA) is 121 Å². The Morgan fingerprint density at radius 2 is 1.59 bits per heavy atom. The number of nitrogens with zero attached hydrogens (tertiary/aromatic N) is 1. The number of carboxylic acids is 1. The molecule has 0 heterocycles. The van der Waals surface area contributed by atoms with Crippen molar-refractivity contribution in [2.75, 3.05) is 13.1 Å². The molecule has 0 aliphatic rings. The summed E-state index contributed by atoms with van der Waals surface area (Å²) in [4.78, 5) is 25.4. The van der Waals surface area contributed by atoms with Crippen LogP contribution in [-0.2, 0) is 26.7 Å². The van der Waals surface area contributed by atoms with Gasteiger partial charge in [0, 0.05) is 11.6 Å². The number of carboxylic acid groups (broad SMARTS) is 1. The third kappa shape index (κ3) is 9.09. The van der Waals surface area contributed by atoms with E-state index < -0.39 is 33.6 Å². The van der Waals surface area contributed by atoms with Crippen LogP contribution in [0.4, 0.5) is 4.79 Å². The quantitative estimate of drug-likeness (QED) is 0.327. The van der Waals surface area contributed by atoms with Gasteiger partial charge in [0.1, 0.15) is 5.60 Å². The largest absolute Gasteiger partial charge is 0.478 e. The highest BCUT2D eigenvalue weighted by atomic mass is 35.5. The standard InChI is InChI=1S/C29H32ClNO7S/c1-29(2,3)38-28(35)31(18-26(32)23-5-4-6-24(30)17-23)16-15-20-9-13-25(14-10-20)39(36,37)19-21-7-11-22(12-8-21)27(33)34/h4-14,17,26,32H,15-16,18-19H2,1-3H3,(H,33,34)/t26-/m1/s1. The van der Waals surface area contributed by atoms with Crippen LogP contribution in [0.2, 0.25) is 5.02 Å². The highest BCUT2D eigenvalue weighted by Crippen LogP contribution is 2.22. The predicted molar refractivity (Wildman–Crippen MR) is 149 cm³/mol. The van der Waals surface area contributed by atoms with E-state index in [1.54, 1.807) is 57.2 Å². The summed E-state index contributed by atoms with van der Waals surface area (Å²) in [6.45, 7) is 5.50. The van der Waals surface area contributed by atoms with Crippen LogP contribution >= 0.6 is 11.6 Å². The van der Waals surface area contributed by atoms with E-state index in [0.717, 1.165) is 5.56 Å². The molecule has 0 unspecified atom stereocenters. The molecule has 0 saturated heterocycles. The Labute approximate surface area is 233 Å². The lowest BCUT2D eigenvalue weighted by molar-refractivity contribution is 0.0147. The monoisotopic (exact) mass is 573 g/mol. The minimum atomic E-state index is -3.65. The number of carbonyl (C=O) groups is 2. The Hall–Kier alpha value is -3.40. The first kappa shape index (κ1) is 30.1. The lowest BCUT2D eigenvalue weighted by Gasteiger charge is -2.29. The second-order valence-electron chi connectivity index (χ2n) is 10.2. The van der Waals surface area contributed by atoms with Gasteiger partial charge in [-0.05, 0) is 80.3 Å². The first-order valence-corrected chi connectivity index (χ1v) is 14.3. The van der Waals surface area contributed by atoms with Gasteiger partial charge in [0.2, 0.25) is 0 Å². The number of carbonyl (C=O) groups excluding carboxylic acids is 1. The van der Waals surface area contributed by atoms with Crippen LogP contribution in [0.5, 0.6) is 0 Å². The summed E-state index contributed by atoms with van der Waals surface area (Å²) in [5.41, 5.74) is 1.21. The van der Waals surface area contributed by atoms with E-state index in [9.17, 15) is 23.1 Å². The number of aromatic carboxylic acids is 1. The summed E-state index contributed by atoms with van der Waals surface area (Å²) in [6, 6.07) is 18.9. The van der Waals surface area contributed by atoms with Gasteiger partial charge in [-0.15, -0.1) is 0 Å². The Morgan fingerprint density at radius 1 is 0.974 bits per heavy atom. The van der Waals surface area contributed by atoms with Crippen molar-refractivity contribution in [3.8, 4) is 0 Å². The maximum atomic E-state index is 12.9. The molecule has 3 aromatic carbocycles. The second-order valence-corrected chi connectivity index (χ2v) is 12.6. The zero-order valence-electron chi connectivity index (χ0n) is 22.0. The Kier molecular flexibility index (Phi) is 9.77. The number of hydrogen-bond donors (Lipinski definition) is 2. The lowest BCUT2D eigenvalue weighted by Crippen LogP contribution is -2.40. The van der Waals surface area contributed by atoms with Crippen LogP contribution < -0.4 is 0 Å². The molecule has 1 atom stereocenters. The maximum Gasteiger partial charge on any atom is 0.410 e. The van der Waals surface area contributed by atoms with Gasteiger partial charge in [-0.1, -0.05) is 48.0 Å². The average Bonchev–Trinajstić information content (AvgIpc) is 2.85. The molecule has 0 fully saturated rings. The third-order valence-corrected chi connectivity index (χ3v) is 7.73. The van der Waals surface area contributed by atoms with Crippen molar-refractivity contribution in [3.63, 3.8) is 0 Å². The molecule has 0 aliphatic heterocycles. The molecule has 3 aromatic rings. The van der Waals surface area contributed by atoms with Crippen molar-refractivity contribution in [1.29, 1.82) is 0 Å². The fourth-order valence-corrected chi connectivity index (χ4v) is 5.33. The van der Waals surface area contributed by atoms with Crippen molar-refractivity contribution in [2.24, 2.45) is 0 Å². The number of rotatable bonds is 10. The molecule has 1 amide bonds. The maximum absolute atomic E-state index is 12.9. The average molecular weight is 574 g/mol. The SMILES string of the molecule is CC(C)(C)OC(=O)N(CCc1ccc(S(=O)(=O)Cc2ccc(C(=O)O)cc2)cc1)C[C@@H](O)c1cccc(Cl)c1. The van der Waals surface area contributed by atoms with Crippen LogP contribution in [0, 0.1) is 0 Å². The minimum absolute atomic E-state index is 0.0115. The van der Waals surface area contributed by atoms with Crippen LogP contribution in [0.15, 0.2) is 77.7 Å². The smallest absolute Gasteiger partial charge is 0.410 e. The number of halogens is 1. The zero-order valence-corrected chi connectivity index (χ0v) is 23.6. The van der Waals surface area contributed by atoms with E-state index in [0.29, 0.717) is 22.6 Å². The molecule has 39 heavy (non-hydrogen) atoms. The summed E-state index contributed by atoms with van der Waals surface area (Å²) >= 11 is 6.04. The van der Waals surface area contributed by atoms with Crippen LogP contribution in [0.1, 0.15) is 53.9 Å². The molecule has 0 saturated carbocycles.